The van der Waals surface area contributed by atoms with E-state index in [-0.39, 0.29) is 0 Å². The van der Waals surface area contributed by atoms with Crippen molar-refractivity contribution in [1.29, 1.82) is 0 Å². The van der Waals surface area contributed by atoms with Crippen LogP contribution in [-0.4, -0.2) is 49.8 Å². The van der Waals surface area contributed by atoms with E-state index in [0.29, 0.717) is 0 Å². The fraction of sp³-hybridized carbons (Fsp3) is 0.333. The molecule has 0 bridgehead atoms. The van der Waals surface area contributed by atoms with Crippen LogP contribution in [0.5, 0.6) is 0 Å². The number of imidazole rings is 1. The molecule has 1 aliphatic heterocycles. The average Bonchev–Trinajstić information content (AvgIpc) is 3.53. The summed E-state index contributed by atoms with van der Waals surface area (Å²) < 4.78 is 0. The molecular weight excluding hydrogens is 436 g/mol. The molecule has 0 saturated carbocycles. The maximum absolute atomic E-state index is 4.98. The highest BCUT2D eigenvalue weighted by molar-refractivity contribution is 5.97. The minimum Gasteiger partial charge on any atom is -0.355 e. The Morgan fingerprint density at radius 1 is 1.00 bits per heavy atom. The number of aromatic amines is 2. The monoisotopic (exact) mass is 466 g/mol. The summed E-state index contributed by atoms with van der Waals surface area (Å²) >= 11 is 0. The standard InChI is InChI=1S/C27H30N8/c1-2-9-28-15-18-13-20(17-29-16-18)19-6-7-22-21(14-19)24(34-33-22)26-31-23-8-10-30-27(25(23)32-26)35-11-4-3-5-12-35/h6-8,10,13-14,16-17,28H,2-5,9,11-12,15H2,1H3,(H,31,32)(H,33,34). The summed E-state index contributed by atoms with van der Waals surface area (Å²) in [5.74, 6) is 1.72. The van der Waals surface area contributed by atoms with E-state index in [4.69, 9.17) is 4.98 Å². The Bertz CT molecular complexity index is 1460. The van der Waals surface area contributed by atoms with Crippen molar-refractivity contribution in [2.75, 3.05) is 24.5 Å². The molecule has 1 fully saturated rings. The number of piperidine rings is 1. The fourth-order valence-corrected chi connectivity index (χ4v) is 4.90. The van der Waals surface area contributed by atoms with E-state index < -0.39 is 0 Å². The predicted octanol–water partition coefficient (Wildman–Crippen LogP) is 5.05. The van der Waals surface area contributed by atoms with E-state index in [1.165, 1.54) is 24.8 Å². The lowest BCUT2D eigenvalue weighted by molar-refractivity contribution is 0.574. The molecular formula is C27H30N8. The molecule has 0 amide bonds. The Labute approximate surface area is 204 Å². The van der Waals surface area contributed by atoms with Gasteiger partial charge < -0.3 is 15.2 Å². The normalized spacial score (nSPS) is 14.3. The van der Waals surface area contributed by atoms with Crippen molar-refractivity contribution in [3.63, 3.8) is 0 Å². The number of anilines is 1. The van der Waals surface area contributed by atoms with Crippen LogP contribution in [0.3, 0.4) is 0 Å². The number of rotatable bonds is 7. The molecule has 3 N–H and O–H groups in total. The van der Waals surface area contributed by atoms with Gasteiger partial charge in [0, 0.05) is 49.2 Å². The van der Waals surface area contributed by atoms with Crippen molar-refractivity contribution in [3.05, 3.63) is 54.5 Å². The van der Waals surface area contributed by atoms with Crippen molar-refractivity contribution in [1.82, 2.24) is 35.5 Å². The summed E-state index contributed by atoms with van der Waals surface area (Å²) in [6, 6.07) is 10.6. The molecule has 4 aromatic heterocycles. The Hall–Kier alpha value is -3.78. The van der Waals surface area contributed by atoms with E-state index in [1.54, 1.807) is 0 Å². The number of fused-ring (bicyclic) bond motifs is 2. The van der Waals surface area contributed by atoms with Crippen LogP contribution >= 0.6 is 0 Å². The van der Waals surface area contributed by atoms with Gasteiger partial charge in [-0.15, -0.1) is 0 Å². The number of H-pyrrole nitrogens is 2. The van der Waals surface area contributed by atoms with Crippen LogP contribution in [0.1, 0.15) is 38.2 Å². The van der Waals surface area contributed by atoms with Gasteiger partial charge >= 0.3 is 0 Å². The zero-order chi connectivity index (χ0) is 23.6. The first-order valence-corrected chi connectivity index (χ1v) is 12.5. The van der Waals surface area contributed by atoms with Crippen molar-refractivity contribution >= 4 is 27.8 Å². The van der Waals surface area contributed by atoms with Gasteiger partial charge in [-0.2, -0.15) is 5.10 Å². The lowest BCUT2D eigenvalue weighted by Crippen LogP contribution is -2.30. The van der Waals surface area contributed by atoms with Crippen LogP contribution in [0.15, 0.2) is 48.9 Å². The second kappa shape index (κ2) is 9.46. The zero-order valence-electron chi connectivity index (χ0n) is 20.0. The second-order valence-electron chi connectivity index (χ2n) is 9.26. The summed E-state index contributed by atoms with van der Waals surface area (Å²) in [5.41, 5.74) is 7.07. The number of hydrogen-bond donors (Lipinski definition) is 3. The third-order valence-electron chi connectivity index (χ3n) is 6.71. The highest BCUT2D eigenvalue weighted by Crippen LogP contribution is 2.32. The largest absolute Gasteiger partial charge is 0.355 e. The van der Waals surface area contributed by atoms with Gasteiger partial charge in [-0.05, 0) is 67.6 Å². The summed E-state index contributed by atoms with van der Waals surface area (Å²) in [4.78, 5) is 20.0. The topological polar surface area (TPSA) is 98.4 Å². The van der Waals surface area contributed by atoms with E-state index in [0.717, 1.165) is 83.0 Å². The number of aromatic nitrogens is 6. The smallest absolute Gasteiger partial charge is 0.159 e. The van der Waals surface area contributed by atoms with Gasteiger partial charge in [0.1, 0.15) is 11.2 Å². The molecule has 8 nitrogen and oxygen atoms in total. The van der Waals surface area contributed by atoms with Gasteiger partial charge in [0.15, 0.2) is 11.6 Å². The number of nitrogens with zero attached hydrogens (tertiary/aromatic N) is 5. The van der Waals surface area contributed by atoms with Crippen LogP contribution in [0.25, 0.3) is 44.6 Å². The predicted molar refractivity (Wildman–Crippen MR) is 140 cm³/mol. The quantitative estimate of drug-likeness (QED) is 0.290. The highest BCUT2D eigenvalue weighted by Gasteiger charge is 2.19. The van der Waals surface area contributed by atoms with E-state index in [9.17, 15) is 0 Å². The molecule has 8 heteroatoms. The molecule has 0 aliphatic carbocycles. The zero-order valence-corrected chi connectivity index (χ0v) is 20.0. The third-order valence-corrected chi connectivity index (χ3v) is 6.71. The Balaban J connectivity index is 1.37. The molecule has 1 aliphatic rings. The Morgan fingerprint density at radius 2 is 1.91 bits per heavy atom. The Morgan fingerprint density at radius 3 is 2.80 bits per heavy atom. The van der Waals surface area contributed by atoms with Crippen molar-refractivity contribution in [3.8, 4) is 22.6 Å². The van der Waals surface area contributed by atoms with Crippen molar-refractivity contribution in [2.45, 2.75) is 39.2 Å². The maximum atomic E-state index is 4.98. The van der Waals surface area contributed by atoms with Gasteiger partial charge in [-0.25, -0.2) is 9.97 Å². The summed E-state index contributed by atoms with van der Waals surface area (Å²) in [6.45, 7) is 6.06. The molecule has 0 radical (unpaired) electrons. The minimum absolute atomic E-state index is 0.755. The molecule has 35 heavy (non-hydrogen) atoms. The number of hydrogen-bond acceptors (Lipinski definition) is 6. The number of nitrogens with one attached hydrogen (secondary N) is 3. The Kier molecular flexibility index (Phi) is 5.88. The first-order chi connectivity index (χ1) is 17.3. The molecule has 5 heterocycles. The molecule has 0 unspecified atom stereocenters. The van der Waals surface area contributed by atoms with Gasteiger partial charge in [0.05, 0.1) is 11.0 Å². The van der Waals surface area contributed by atoms with Crippen molar-refractivity contribution in [2.24, 2.45) is 0 Å². The lowest BCUT2D eigenvalue weighted by Gasteiger charge is -2.27. The molecule has 0 spiro atoms. The first kappa shape index (κ1) is 21.7. The molecule has 6 rings (SSSR count). The molecule has 1 saturated heterocycles. The van der Waals surface area contributed by atoms with Gasteiger partial charge in [0.25, 0.3) is 0 Å². The first-order valence-electron chi connectivity index (χ1n) is 12.5. The fourth-order valence-electron chi connectivity index (χ4n) is 4.90. The van der Waals surface area contributed by atoms with E-state index in [1.807, 2.05) is 24.7 Å². The van der Waals surface area contributed by atoms with Crippen LogP contribution < -0.4 is 10.2 Å². The minimum atomic E-state index is 0.755. The molecule has 1 aromatic carbocycles. The molecule has 5 aromatic rings. The van der Waals surface area contributed by atoms with Crippen LogP contribution in [0.4, 0.5) is 5.82 Å². The SMILES string of the molecule is CCCNCc1cncc(-c2ccc3[nH]nc(-c4nc5c(N6CCCCC6)nccc5[nH]4)c3c2)c1. The van der Waals surface area contributed by atoms with Crippen LogP contribution in [0, 0.1) is 0 Å². The van der Waals surface area contributed by atoms with Gasteiger partial charge in [-0.1, -0.05) is 13.0 Å². The lowest BCUT2D eigenvalue weighted by atomic mass is 10.0. The number of pyridine rings is 2. The summed E-state index contributed by atoms with van der Waals surface area (Å²) in [6.07, 6.45) is 10.5. The van der Waals surface area contributed by atoms with E-state index >= 15 is 0 Å². The molecule has 0 atom stereocenters. The van der Waals surface area contributed by atoms with E-state index in [2.05, 4.69) is 66.6 Å². The van der Waals surface area contributed by atoms with Crippen molar-refractivity contribution < 1.29 is 0 Å². The maximum Gasteiger partial charge on any atom is 0.159 e. The van der Waals surface area contributed by atoms with Crippen LogP contribution in [0.2, 0.25) is 0 Å². The highest BCUT2D eigenvalue weighted by atomic mass is 15.2. The summed E-state index contributed by atoms with van der Waals surface area (Å²) in [7, 11) is 0. The van der Waals surface area contributed by atoms with Gasteiger partial charge in [0.2, 0.25) is 0 Å². The molecule has 178 valence electrons. The summed E-state index contributed by atoms with van der Waals surface area (Å²) in [5, 5.41) is 12.3. The number of benzene rings is 1. The average molecular weight is 467 g/mol. The van der Waals surface area contributed by atoms with Crippen LogP contribution in [-0.2, 0) is 6.54 Å². The third kappa shape index (κ3) is 4.25. The second-order valence-corrected chi connectivity index (χ2v) is 9.26. The van der Waals surface area contributed by atoms with Gasteiger partial charge in [-0.3, -0.25) is 10.1 Å².